The lowest BCUT2D eigenvalue weighted by molar-refractivity contribution is 0.186. The van der Waals surface area contributed by atoms with Gasteiger partial charge in [0.2, 0.25) is 0 Å². The smallest absolute Gasteiger partial charge is 0.255 e. The molecule has 0 aliphatic carbocycles. The van der Waals surface area contributed by atoms with Gasteiger partial charge in [0.15, 0.2) is 0 Å². The molecule has 0 atom stereocenters. The van der Waals surface area contributed by atoms with E-state index in [1.54, 1.807) is 18.8 Å². The van der Waals surface area contributed by atoms with Crippen LogP contribution in [0.1, 0.15) is 5.56 Å². The number of methoxy groups -OCH3 is 2. The van der Waals surface area contributed by atoms with Crippen LogP contribution >= 0.6 is 0 Å². The van der Waals surface area contributed by atoms with Gasteiger partial charge < -0.3 is 19.4 Å². The Morgan fingerprint density at radius 3 is 2.41 bits per heavy atom. The summed E-state index contributed by atoms with van der Waals surface area (Å²) in [5, 5.41) is 3.02. The molecule has 0 spiro atoms. The molecule has 1 aromatic carbocycles. The molecule has 0 amide bonds. The zero-order chi connectivity index (χ0) is 15.9. The van der Waals surface area contributed by atoms with Gasteiger partial charge in [0, 0.05) is 25.8 Å². The molecule has 0 fully saturated rings. The first-order valence-electron chi connectivity index (χ1n) is 7.22. The Morgan fingerprint density at radius 1 is 1.09 bits per heavy atom. The lowest BCUT2D eigenvalue weighted by atomic mass is 10.1. The van der Waals surface area contributed by atoms with E-state index in [4.69, 9.17) is 9.47 Å². The van der Waals surface area contributed by atoms with Crippen LogP contribution in [0.2, 0.25) is 0 Å². The van der Waals surface area contributed by atoms with E-state index in [0.29, 0.717) is 19.7 Å². The molecule has 0 saturated heterocycles. The minimum absolute atomic E-state index is 0.0136. The largest absolute Gasteiger partial charge is 0.497 e. The molecule has 0 bridgehead atoms. The standard InChI is InChI=1S/C17H22N2O3/c1-18-12-14-6-9-16(19(17(14)20)10-11-21-2)13-4-7-15(22-3)8-5-13/h4-9,18H,10-12H2,1-3H3. The Labute approximate surface area is 130 Å². The number of aromatic nitrogens is 1. The zero-order valence-electron chi connectivity index (χ0n) is 13.3. The summed E-state index contributed by atoms with van der Waals surface area (Å²) >= 11 is 0. The molecular formula is C17H22N2O3. The minimum atomic E-state index is 0.0136. The second-order valence-electron chi connectivity index (χ2n) is 4.95. The maximum Gasteiger partial charge on any atom is 0.255 e. The first-order chi connectivity index (χ1) is 10.7. The van der Waals surface area contributed by atoms with E-state index in [0.717, 1.165) is 22.6 Å². The predicted octanol–water partition coefficient (Wildman–Crippen LogP) is 1.89. The van der Waals surface area contributed by atoms with Crippen molar-refractivity contribution in [3.63, 3.8) is 0 Å². The van der Waals surface area contributed by atoms with Crippen LogP contribution in [0.5, 0.6) is 5.75 Å². The van der Waals surface area contributed by atoms with Crippen LogP contribution in [0.3, 0.4) is 0 Å². The molecule has 1 heterocycles. The monoisotopic (exact) mass is 302 g/mol. The van der Waals surface area contributed by atoms with E-state index >= 15 is 0 Å². The van der Waals surface area contributed by atoms with Crippen LogP contribution in [-0.4, -0.2) is 32.4 Å². The van der Waals surface area contributed by atoms with E-state index in [1.165, 1.54) is 0 Å². The van der Waals surface area contributed by atoms with Crippen molar-refractivity contribution in [2.45, 2.75) is 13.1 Å². The van der Waals surface area contributed by atoms with Gasteiger partial charge in [-0.05, 0) is 42.9 Å². The number of pyridine rings is 1. The topological polar surface area (TPSA) is 52.5 Å². The molecular weight excluding hydrogens is 280 g/mol. The number of rotatable bonds is 7. The first kappa shape index (κ1) is 16.3. The fourth-order valence-electron chi connectivity index (χ4n) is 2.37. The zero-order valence-corrected chi connectivity index (χ0v) is 13.3. The molecule has 2 rings (SSSR count). The van der Waals surface area contributed by atoms with Crippen molar-refractivity contribution in [3.05, 3.63) is 52.3 Å². The molecule has 1 aromatic heterocycles. The number of ether oxygens (including phenoxy) is 2. The molecule has 0 saturated carbocycles. The number of nitrogens with zero attached hydrogens (tertiary/aromatic N) is 1. The van der Waals surface area contributed by atoms with Crippen LogP contribution in [0.4, 0.5) is 0 Å². The van der Waals surface area contributed by atoms with E-state index in [-0.39, 0.29) is 5.56 Å². The fraction of sp³-hybridized carbons (Fsp3) is 0.353. The Kier molecular flexibility index (Phi) is 5.75. The average Bonchev–Trinajstić information content (AvgIpc) is 2.56. The van der Waals surface area contributed by atoms with E-state index in [1.807, 2.05) is 43.4 Å². The van der Waals surface area contributed by atoms with Gasteiger partial charge in [0.1, 0.15) is 5.75 Å². The van der Waals surface area contributed by atoms with E-state index in [9.17, 15) is 4.79 Å². The fourth-order valence-corrected chi connectivity index (χ4v) is 2.37. The molecule has 0 unspecified atom stereocenters. The van der Waals surface area contributed by atoms with Crippen molar-refractivity contribution in [2.75, 3.05) is 27.9 Å². The summed E-state index contributed by atoms with van der Waals surface area (Å²) in [6, 6.07) is 11.5. The Hall–Kier alpha value is -2.11. The number of hydrogen-bond donors (Lipinski definition) is 1. The summed E-state index contributed by atoms with van der Waals surface area (Å²) in [6.45, 7) is 1.56. The highest BCUT2D eigenvalue weighted by Gasteiger charge is 2.10. The molecule has 118 valence electrons. The van der Waals surface area contributed by atoms with Crippen LogP contribution in [0.15, 0.2) is 41.2 Å². The van der Waals surface area contributed by atoms with Gasteiger partial charge in [-0.15, -0.1) is 0 Å². The van der Waals surface area contributed by atoms with Crippen molar-refractivity contribution >= 4 is 0 Å². The molecule has 2 aromatic rings. The summed E-state index contributed by atoms with van der Waals surface area (Å²) in [4.78, 5) is 12.6. The molecule has 5 heteroatoms. The second kappa shape index (κ2) is 7.77. The SMILES string of the molecule is CNCc1ccc(-c2ccc(OC)cc2)n(CCOC)c1=O. The molecule has 1 N–H and O–H groups in total. The van der Waals surface area contributed by atoms with Crippen molar-refractivity contribution in [3.8, 4) is 17.0 Å². The second-order valence-corrected chi connectivity index (χ2v) is 4.95. The van der Waals surface area contributed by atoms with Crippen LogP contribution in [0.25, 0.3) is 11.3 Å². The minimum Gasteiger partial charge on any atom is -0.497 e. The summed E-state index contributed by atoms with van der Waals surface area (Å²) in [5.74, 6) is 0.793. The van der Waals surface area contributed by atoms with Gasteiger partial charge in [0.05, 0.1) is 19.4 Å². The lowest BCUT2D eigenvalue weighted by Gasteiger charge is -2.15. The highest BCUT2D eigenvalue weighted by atomic mass is 16.5. The normalized spacial score (nSPS) is 10.7. The van der Waals surface area contributed by atoms with Crippen molar-refractivity contribution < 1.29 is 9.47 Å². The van der Waals surface area contributed by atoms with E-state index < -0.39 is 0 Å². The van der Waals surface area contributed by atoms with Crippen molar-refractivity contribution in [2.24, 2.45) is 0 Å². The number of hydrogen-bond acceptors (Lipinski definition) is 4. The van der Waals surface area contributed by atoms with Crippen molar-refractivity contribution in [1.82, 2.24) is 9.88 Å². The van der Waals surface area contributed by atoms with Crippen LogP contribution in [0, 0.1) is 0 Å². The van der Waals surface area contributed by atoms with Gasteiger partial charge in [-0.1, -0.05) is 6.07 Å². The third-order valence-electron chi connectivity index (χ3n) is 3.53. The van der Waals surface area contributed by atoms with Gasteiger partial charge >= 0.3 is 0 Å². The van der Waals surface area contributed by atoms with E-state index in [2.05, 4.69) is 5.32 Å². The van der Waals surface area contributed by atoms with Crippen LogP contribution in [-0.2, 0) is 17.8 Å². The third kappa shape index (κ3) is 3.55. The Balaban J connectivity index is 2.48. The first-order valence-corrected chi connectivity index (χ1v) is 7.22. The highest BCUT2D eigenvalue weighted by Crippen LogP contribution is 2.21. The summed E-state index contributed by atoms with van der Waals surface area (Å²) in [7, 11) is 5.10. The number of benzene rings is 1. The van der Waals surface area contributed by atoms with Crippen LogP contribution < -0.4 is 15.6 Å². The molecule has 0 aliphatic heterocycles. The predicted molar refractivity (Wildman–Crippen MR) is 87.3 cm³/mol. The summed E-state index contributed by atoms with van der Waals surface area (Å²) in [5.41, 5.74) is 2.62. The van der Waals surface area contributed by atoms with Gasteiger partial charge in [-0.3, -0.25) is 4.79 Å². The Morgan fingerprint density at radius 2 is 1.82 bits per heavy atom. The molecule has 0 aliphatic rings. The maximum atomic E-state index is 12.6. The van der Waals surface area contributed by atoms with Gasteiger partial charge in [-0.2, -0.15) is 0 Å². The van der Waals surface area contributed by atoms with Gasteiger partial charge in [0.25, 0.3) is 5.56 Å². The summed E-state index contributed by atoms with van der Waals surface area (Å²) < 4.78 is 12.1. The van der Waals surface area contributed by atoms with Crippen molar-refractivity contribution in [1.29, 1.82) is 0 Å². The summed E-state index contributed by atoms with van der Waals surface area (Å²) in [6.07, 6.45) is 0. The molecule has 22 heavy (non-hydrogen) atoms. The Bertz CT molecular complexity index is 663. The lowest BCUT2D eigenvalue weighted by Crippen LogP contribution is -2.28. The quantitative estimate of drug-likeness (QED) is 0.848. The van der Waals surface area contributed by atoms with Gasteiger partial charge in [-0.25, -0.2) is 0 Å². The third-order valence-corrected chi connectivity index (χ3v) is 3.53. The highest BCUT2D eigenvalue weighted by molar-refractivity contribution is 5.61. The average molecular weight is 302 g/mol. The molecule has 5 nitrogen and oxygen atoms in total. The number of nitrogens with one attached hydrogen (secondary N) is 1. The maximum absolute atomic E-state index is 12.6. The molecule has 0 radical (unpaired) electrons.